The number of esters is 3. The number of allylic oxidation sites excluding steroid dienone is 26. The van der Waals surface area contributed by atoms with Crippen LogP contribution in [-0.4, -0.2) is 95.9 Å². The number of aliphatic hydroxyl groups is 2. The van der Waals surface area contributed by atoms with Gasteiger partial charge in [-0.25, -0.2) is 9.13 Å². The van der Waals surface area contributed by atoms with Crippen LogP contribution >= 0.6 is 15.6 Å². The van der Waals surface area contributed by atoms with Crippen molar-refractivity contribution in [3.05, 3.63) is 158 Å². The first-order chi connectivity index (χ1) is 53.2. The van der Waals surface area contributed by atoms with Crippen molar-refractivity contribution < 1.29 is 75.8 Å². The van der Waals surface area contributed by atoms with Crippen molar-refractivity contribution in [1.29, 1.82) is 0 Å². The third kappa shape index (κ3) is 83.9. The van der Waals surface area contributed by atoms with Crippen LogP contribution in [0.15, 0.2) is 158 Å². The van der Waals surface area contributed by atoms with E-state index in [1.165, 1.54) is 89.9 Å². The summed E-state index contributed by atoms with van der Waals surface area (Å²) in [6, 6.07) is 0. The SMILES string of the molecule is CC/C=C\C/C=C\C/C=C\C/C=C\C/C=C\C/C=C\CCCCCCCCCCCCCCCCC(=O)OCC(O)COP(=O)(O)OCC(O)COP(=O)(O)OCC(COC(=O)CCCCCCCCC/C=C\C/C=C\C/C=C\C/C=C\CCCCC)OC(=O)CCCCCCCCC/C=C\C/C=C\C/C=C\CC. The van der Waals surface area contributed by atoms with E-state index in [2.05, 4.69) is 179 Å². The molecule has 0 spiro atoms. The minimum atomic E-state index is -4.94. The van der Waals surface area contributed by atoms with Crippen molar-refractivity contribution in [3.8, 4) is 0 Å². The molecule has 109 heavy (non-hydrogen) atoms. The van der Waals surface area contributed by atoms with Gasteiger partial charge >= 0.3 is 33.6 Å². The van der Waals surface area contributed by atoms with Crippen LogP contribution in [0.5, 0.6) is 0 Å². The second kappa shape index (κ2) is 82.6. The van der Waals surface area contributed by atoms with Gasteiger partial charge in [0, 0.05) is 19.3 Å². The Hall–Kier alpha value is -4.83. The second-order valence-corrected chi connectivity index (χ2v) is 31.1. The van der Waals surface area contributed by atoms with Gasteiger partial charge in [-0.2, -0.15) is 0 Å². The molecule has 0 saturated heterocycles. The molecule has 5 unspecified atom stereocenters. The summed E-state index contributed by atoms with van der Waals surface area (Å²) >= 11 is 0. The summed E-state index contributed by atoms with van der Waals surface area (Å²) in [7, 11) is -9.81. The Bertz CT molecular complexity index is 2610. The Morgan fingerprint density at radius 3 is 0.771 bits per heavy atom. The van der Waals surface area contributed by atoms with E-state index < -0.39 is 91.5 Å². The van der Waals surface area contributed by atoms with Crippen molar-refractivity contribution in [2.24, 2.45) is 0 Å². The lowest BCUT2D eigenvalue weighted by molar-refractivity contribution is -0.161. The predicted molar refractivity (Wildman–Crippen MR) is 454 cm³/mol. The van der Waals surface area contributed by atoms with E-state index in [0.29, 0.717) is 19.3 Å². The number of phosphoric acid groups is 2. The average molecular weight is 1570 g/mol. The van der Waals surface area contributed by atoms with Crippen LogP contribution in [0.25, 0.3) is 0 Å². The summed E-state index contributed by atoms with van der Waals surface area (Å²) < 4.78 is 61.3. The molecule has 0 aromatic heterocycles. The zero-order chi connectivity index (χ0) is 79.4. The van der Waals surface area contributed by atoms with Gasteiger partial charge in [0.1, 0.15) is 25.4 Å². The average Bonchev–Trinajstić information content (AvgIpc) is 0.901. The molecule has 624 valence electrons. The highest BCUT2D eigenvalue weighted by atomic mass is 31.2. The van der Waals surface area contributed by atoms with Gasteiger partial charge in [-0.1, -0.05) is 333 Å². The molecule has 0 aromatic rings. The number of hydrogen-bond donors (Lipinski definition) is 4. The first-order valence-corrected chi connectivity index (χ1v) is 45.8. The number of ether oxygens (including phenoxy) is 3. The van der Waals surface area contributed by atoms with Gasteiger partial charge in [0.25, 0.3) is 0 Å². The maximum absolute atomic E-state index is 13.0. The largest absolute Gasteiger partial charge is 0.472 e. The fourth-order valence-electron chi connectivity index (χ4n) is 11.3. The van der Waals surface area contributed by atoms with Gasteiger partial charge < -0.3 is 34.2 Å². The van der Waals surface area contributed by atoms with Crippen molar-refractivity contribution in [1.82, 2.24) is 0 Å². The summed E-state index contributed by atoms with van der Waals surface area (Å²) in [5.41, 5.74) is 0. The molecule has 4 N–H and O–H groups in total. The fraction of sp³-hybridized carbons (Fsp3) is 0.681. The topological polar surface area (TPSA) is 231 Å². The Morgan fingerprint density at radius 1 is 0.266 bits per heavy atom. The highest BCUT2D eigenvalue weighted by Gasteiger charge is 2.29. The molecule has 0 aliphatic rings. The normalized spacial score (nSPS) is 14.7. The van der Waals surface area contributed by atoms with Gasteiger partial charge in [0.05, 0.1) is 26.4 Å². The number of unbranched alkanes of at least 4 members (excludes halogenated alkanes) is 31. The van der Waals surface area contributed by atoms with Gasteiger partial charge in [0.15, 0.2) is 6.10 Å². The van der Waals surface area contributed by atoms with E-state index in [4.69, 9.17) is 32.3 Å². The molecule has 18 heteroatoms. The van der Waals surface area contributed by atoms with Gasteiger partial charge in [-0.15, -0.1) is 0 Å². The monoisotopic (exact) mass is 1570 g/mol. The molecule has 0 aliphatic heterocycles. The minimum absolute atomic E-state index is 0.0873. The Balaban J connectivity index is 4.52. The molecular formula is C91H154O16P2. The van der Waals surface area contributed by atoms with Crippen LogP contribution in [0, 0.1) is 0 Å². The summed E-state index contributed by atoms with van der Waals surface area (Å²) in [4.78, 5) is 58.8. The zero-order valence-electron chi connectivity index (χ0n) is 68.4. The standard InChI is InChI=1S/C91H154O16P2/c1-4-7-10-13-16-19-22-25-28-31-33-35-37-38-39-40-41-42-43-44-45-46-48-50-51-54-56-59-62-65-68-71-74-77-89(94)101-80-86(92)81-103-108(97,98)104-82-87(93)83-105-109(99,100)106-85-88(107-91(96)79-76-73-70-67-64-61-58-53-30-27-24-21-18-15-12-9-6-3)84-102-90(95)78-75-72-69-66-63-60-57-55-52-49-47-36-34-32-29-26-23-20-17-14-11-8-5-2/h7,9-10,12,16-21,25-30,33-36,38-39,41-42,49,52,86-88,92-93H,4-6,8,11,13-15,22-24,31-32,37,40,43-48,50-51,53-85H2,1-3H3,(H,97,98)(H,99,100)/b10-7-,12-9-,19-16-,20-17-,21-18-,28-25-,29-26-,30-27-,35-33-,36-34-,39-38-,42-41-,52-49-. The third-order valence-electron chi connectivity index (χ3n) is 17.7. The van der Waals surface area contributed by atoms with E-state index in [0.717, 1.165) is 193 Å². The first kappa shape index (κ1) is 104. The van der Waals surface area contributed by atoms with Crippen LogP contribution in [0.3, 0.4) is 0 Å². The van der Waals surface area contributed by atoms with Crippen molar-refractivity contribution >= 4 is 33.6 Å². The molecule has 0 fully saturated rings. The molecule has 0 heterocycles. The third-order valence-corrected chi connectivity index (χ3v) is 19.6. The molecule has 16 nitrogen and oxygen atoms in total. The van der Waals surface area contributed by atoms with Crippen LogP contribution in [0.1, 0.15) is 342 Å². The van der Waals surface area contributed by atoms with Gasteiger partial charge in [-0.05, 0) is 148 Å². The van der Waals surface area contributed by atoms with Crippen LogP contribution < -0.4 is 0 Å². The highest BCUT2D eigenvalue weighted by Crippen LogP contribution is 2.45. The van der Waals surface area contributed by atoms with Crippen molar-refractivity contribution in [2.45, 2.75) is 360 Å². The van der Waals surface area contributed by atoms with E-state index >= 15 is 0 Å². The summed E-state index contributed by atoms with van der Waals surface area (Å²) in [6.07, 6.45) is 104. The molecule has 0 aliphatic carbocycles. The van der Waals surface area contributed by atoms with Gasteiger partial charge in [0.2, 0.25) is 0 Å². The number of aliphatic hydroxyl groups excluding tert-OH is 2. The van der Waals surface area contributed by atoms with Crippen molar-refractivity contribution in [2.75, 3.05) is 39.6 Å². The fourth-order valence-corrected chi connectivity index (χ4v) is 12.9. The number of carbonyl (C=O) groups excluding carboxylic acids is 3. The Morgan fingerprint density at radius 2 is 0.486 bits per heavy atom. The molecule has 5 atom stereocenters. The van der Waals surface area contributed by atoms with Crippen LogP contribution in [-0.2, 0) is 55.8 Å². The molecule has 0 aromatic carbocycles. The lowest BCUT2D eigenvalue weighted by Gasteiger charge is -2.21. The Kier molecular flexibility index (Phi) is 79.0. The predicted octanol–water partition coefficient (Wildman–Crippen LogP) is 25.8. The maximum atomic E-state index is 13.0. The molecule has 0 saturated carbocycles. The Labute approximate surface area is 663 Å². The van der Waals surface area contributed by atoms with E-state index in [1.807, 2.05) is 0 Å². The summed E-state index contributed by atoms with van der Waals surface area (Å²) in [5, 5.41) is 20.7. The van der Waals surface area contributed by atoms with E-state index in [1.54, 1.807) is 0 Å². The quantitative estimate of drug-likeness (QED) is 0.0146. The minimum Gasteiger partial charge on any atom is -0.463 e. The highest BCUT2D eigenvalue weighted by molar-refractivity contribution is 7.47. The number of hydrogen-bond acceptors (Lipinski definition) is 14. The van der Waals surface area contributed by atoms with Gasteiger partial charge in [-0.3, -0.25) is 32.5 Å². The maximum Gasteiger partial charge on any atom is 0.472 e. The zero-order valence-corrected chi connectivity index (χ0v) is 70.2. The lowest BCUT2D eigenvalue weighted by atomic mass is 10.0. The molecule has 0 amide bonds. The first-order valence-electron chi connectivity index (χ1n) is 42.8. The number of rotatable bonds is 80. The number of carbonyl (C=O) groups is 3. The summed E-state index contributed by atoms with van der Waals surface area (Å²) in [6.45, 7) is 2.43. The smallest absolute Gasteiger partial charge is 0.463 e. The van der Waals surface area contributed by atoms with Crippen LogP contribution in [0.4, 0.5) is 0 Å². The molecule has 0 rings (SSSR count). The van der Waals surface area contributed by atoms with Crippen molar-refractivity contribution in [3.63, 3.8) is 0 Å². The van der Waals surface area contributed by atoms with E-state index in [9.17, 15) is 43.5 Å². The number of phosphoric ester groups is 2. The lowest BCUT2D eigenvalue weighted by Crippen LogP contribution is -2.30. The molecule has 0 radical (unpaired) electrons. The second-order valence-electron chi connectivity index (χ2n) is 28.2. The molecular weight excluding hydrogens is 1410 g/mol. The van der Waals surface area contributed by atoms with E-state index in [-0.39, 0.29) is 19.3 Å². The molecule has 0 bridgehead atoms. The summed E-state index contributed by atoms with van der Waals surface area (Å²) in [5.74, 6) is -1.60. The van der Waals surface area contributed by atoms with Crippen LogP contribution in [0.2, 0.25) is 0 Å².